The van der Waals surface area contributed by atoms with Crippen molar-refractivity contribution in [3.63, 3.8) is 0 Å². The van der Waals surface area contributed by atoms with Crippen LogP contribution in [0.3, 0.4) is 0 Å². The van der Waals surface area contributed by atoms with Gasteiger partial charge in [-0.05, 0) is 20.3 Å². The zero-order valence-corrected chi connectivity index (χ0v) is 9.60. The van der Waals surface area contributed by atoms with Crippen molar-refractivity contribution in [3.8, 4) is 0 Å². The summed E-state index contributed by atoms with van der Waals surface area (Å²) in [6, 6.07) is 0. The van der Waals surface area contributed by atoms with Crippen LogP contribution in [0.4, 0.5) is 0 Å². The number of hydrogen-bond donors (Lipinski definition) is 1. The summed E-state index contributed by atoms with van der Waals surface area (Å²) in [5.41, 5.74) is -0.748. The topological polar surface area (TPSA) is 75.6 Å². The molecule has 0 radical (unpaired) electrons. The lowest BCUT2D eigenvalue weighted by Gasteiger charge is -2.07. The second kappa shape index (κ2) is 3.04. The zero-order valence-electron chi connectivity index (χ0n) is 8.78. The number of rotatable bonds is 1. The van der Waals surface area contributed by atoms with Crippen molar-refractivity contribution in [1.82, 2.24) is 5.32 Å². The van der Waals surface area contributed by atoms with Crippen LogP contribution in [-0.4, -0.2) is 37.2 Å². The molecule has 2 aliphatic heterocycles. The van der Waals surface area contributed by atoms with Gasteiger partial charge in [0.1, 0.15) is 11.4 Å². The Morgan fingerprint density at radius 1 is 1.47 bits per heavy atom. The van der Waals surface area contributed by atoms with Crippen molar-refractivity contribution < 1.29 is 13.2 Å². The summed E-state index contributed by atoms with van der Waals surface area (Å²) < 4.78 is 22.5. The van der Waals surface area contributed by atoms with Crippen LogP contribution in [-0.2, 0) is 14.6 Å². The first kappa shape index (κ1) is 10.6. The van der Waals surface area contributed by atoms with Crippen LogP contribution in [0.15, 0.2) is 4.99 Å². The molecule has 0 aromatic heterocycles. The molecule has 0 bridgehead atoms. The summed E-state index contributed by atoms with van der Waals surface area (Å²) in [4.78, 5) is 15.7. The molecule has 0 spiro atoms. The van der Waals surface area contributed by atoms with Crippen molar-refractivity contribution in [2.24, 2.45) is 10.9 Å². The van der Waals surface area contributed by atoms with E-state index in [0.29, 0.717) is 12.3 Å². The Morgan fingerprint density at radius 2 is 2.13 bits per heavy atom. The lowest BCUT2D eigenvalue weighted by atomic mass is 10.1. The van der Waals surface area contributed by atoms with E-state index in [2.05, 4.69) is 10.3 Å². The molecule has 1 unspecified atom stereocenters. The molecule has 0 saturated carbocycles. The van der Waals surface area contributed by atoms with Crippen molar-refractivity contribution >= 4 is 21.6 Å². The average molecular weight is 230 g/mol. The van der Waals surface area contributed by atoms with Crippen molar-refractivity contribution in [1.29, 1.82) is 0 Å². The Hall–Kier alpha value is -0.910. The van der Waals surface area contributed by atoms with Crippen LogP contribution < -0.4 is 5.32 Å². The quantitative estimate of drug-likeness (QED) is 0.673. The normalized spacial score (nSPS) is 32.5. The van der Waals surface area contributed by atoms with Crippen molar-refractivity contribution in [2.75, 3.05) is 11.5 Å². The minimum atomic E-state index is -2.92. The van der Waals surface area contributed by atoms with Crippen LogP contribution in [0, 0.1) is 5.92 Å². The highest BCUT2D eigenvalue weighted by molar-refractivity contribution is 7.91. The van der Waals surface area contributed by atoms with E-state index >= 15 is 0 Å². The van der Waals surface area contributed by atoms with Crippen molar-refractivity contribution in [3.05, 3.63) is 0 Å². The van der Waals surface area contributed by atoms with Crippen LogP contribution in [0.1, 0.15) is 20.3 Å². The van der Waals surface area contributed by atoms with E-state index in [9.17, 15) is 13.2 Å². The van der Waals surface area contributed by atoms with Gasteiger partial charge in [-0.25, -0.2) is 8.42 Å². The van der Waals surface area contributed by atoms with Gasteiger partial charge in [0.25, 0.3) is 5.91 Å². The minimum absolute atomic E-state index is 0.113. The molecule has 1 amide bonds. The van der Waals surface area contributed by atoms with Gasteiger partial charge in [-0.2, -0.15) is 0 Å². The third-order valence-corrected chi connectivity index (χ3v) is 4.58. The van der Waals surface area contributed by atoms with Gasteiger partial charge in [0.15, 0.2) is 9.84 Å². The molecule has 0 aromatic rings. The molecule has 1 saturated heterocycles. The first-order valence-electron chi connectivity index (χ1n) is 4.92. The molecule has 2 rings (SSSR count). The molecule has 2 heterocycles. The fourth-order valence-electron chi connectivity index (χ4n) is 1.85. The maximum Gasteiger partial charge on any atom is 0.252 e. The van der Waals surface area contributed by atoms with E-state index < -0.39 is 15.4 Å². The van der Waals surface area contributed by atoms with Crippen LogP contribution in [0.2, 0.25) is 0 Å². The number of nitrogens with zero attached hydrogens (tertiary/aromatic N) is 1. The number of nitrogens with one attached hydrogen (secondary N) is 1. The molecule has 1 atom stereocenters. The summed E-state index contributed by atoms with van der Waals surface area (Å²) in [5, 5.41) is 2.67. The molecular formula is C9H14N2O3S. The Bertz CT molecular complexity index is 436. The molecule has 2 aliphatic rings. The minimum Gasteiger partial charge on any atom is -0.312 e. The number of carbonyl (C=O) groups excluding carboxylic acids is 1. The van der Waals surface area contributed by atoms with E-state index in [1.54, 1.807) is 13.8 Å². The SMILES string of the molecule is CC1(C)N=C(C2CCS(=O)(=O)C2)NC1=O. The molecule has 84 valence electrons. The summed E-state index contributed by atoms with van der Waals surface area (Å²) in [7, 11) is -2.92. The fraction of sp³-hybridized carbons (Fsp3) is 0.778. The van der Waals surface area contributed by atoms with Crippen LogP contribution in [0.5, 0.6) is 0 Å². The standard InChI is InChI=1S/C9H14N2O3S/c1-9(2)8(12)10-7(11-9)6-3-4-15(13,14)5-6/h6H,3-5H2,1-2H3,(H,10,11,12). The van der Waals surface area contributed by atoms with E-state index in [0.717, 1.165) is 0 Å². The maximum atomic E-state index is 11.4. The second-order valence-corrected chi connectivity index (χ2v) is 6.84. The third-order valence-electron chi connectivity index (χ3n) is 2.82. The van der Waals surface area contributed by atoms with E-state index in [-0.39, 0.29) is 23.3 Å². The van der Waals surface area contributed by atoms with Gasteiger partial charge in [-0.1, -0.05) is 0 Å². The summed E-state index contributed by atoms with van der Waals surface area (Å²) >= 11 is 0. The van der Waals surface area contributed by atoms with E-state index in [4.69, 9.17) is 0 Å². The first-order chi connectivity index (χ1) is 6.80. The maximum absolute atomic E-state index is 11.4. The fourth-order valence-corrected chi connectivity index (χ4v) is 3.60. The zero-order chi connectivity index (χ0) is 11.3. The second-order valence-electron chi connectivity index (χ2n) is 4.61. The monoisotopic (exact) mass is 230 g/mol. The summed E-state index contributed by atoms with van der Waals surface area (Å²) in [6.45, 7) is 3.44. The predicted molar refractivity (Wildman–Crippen MR) is 56.4 cm³/mol. The lowest BCUT2D eigenvalue weighted by molar-refractivity contribution is -0.122. The van der Waals surface area contributed by atoms with Gasteiger partial charge in [-0.3, -0.25) is 9.79 Å². The Morgan fingerprint density at radius 3 is 2.53 bits per heavy atom. The lowest BCUT2D eigenvalue weighted by Crippen LogP contribution is -2.36. The molecule has 5 nitrogen and oxygen atoms in total. The summed E-state index contributed by atoms with van der Waals surface area (Å²) in [6.07, 6.45) is 0.567. The first-order valence-corrected chi connectivity index (χ1v) is 6.74. The Labute approximate surface area is 88.9 Å². The largest absolute Gasteiger partial charge is 0.312 e. The molecule has 0 aromatic carbocycles. The predicted octanol–water partition coefficient (Wildman–Crippen LogP) is -0.272. The Kier molecular flexibility index (Phi) is 2.15. The molecule has 15 heavy (non-hydrogen) atoms. The van der Waals surface area contributed by atoms with Crippen molar-refractivity contribution in [2.45, 2.75) is 25.8 Å². The number of aliphatic imine (C=N–C) groups is 1. The van der Waals surface area contributed by atoms with Gasteiger partial charge in [-0.15, -0.1) is 0 Å². The van der Waals surface area contributed by atoms with Gasteiger partial charge in [0, 0.05) is 5.92 Å². The highest BCUT2D eigenvalue weighted by Crippen LogP contribution is 2.24. The average Bonchev–Trinajstić information content (AvgIpc) is 2.54. The highest BCUT2D eigenvalue weighted by Gasteiger charge is 2.40. The number of hydrogen-bond acceptors (Lipinski definition) is 4. The number of amides is 1. The molecule has 0 aliphatic carbocycles. The summed E-state index contributed by atoms with van der Waals surface area (Å²) in [5.74, 6) is 0.587. The molecule has 1 N–H and O–H groups in total. The van der Waals surface area contributed by atoms with Gasteiger partial charge >= 0.3 is 0 Å². The number of amidine groups is 1. The van der Waals surface area contributed by atoms with Crippen LogP contribution in [0.25, 0.3) is 0 Å². The number of sulfone groups is 1. The van der Waals surface area contributed by atoms with Gasteiger partial charge < -0.3 is 5.32 Å². The molecular weight excluding hydrogens is 216 g/mol. The molecule has 1 fully saturated rings. The van der Waals surface area contributed by atoms with E-state index in [1.807, 2.05) is 0 Å². The number of carbonyl (C=O) groups is 1. The van der Waals surface area contributed by atoms with E-state index in [1.165, 1.54) is 0 Å². The van der Waals surface area contributed by atoms with Gasteiger partial charge in [0.05, 0.1) is 11.5 Å². The Balaban J connectivity index is 2.19. The molecule has 6 heteroatoms. The highest BCUT2D eigenvalue weighted by atomic mass is 32.2. The van der Waals surface area contributed by atoms with Crippen LogP contribution >= 0.6 is 0 Å². The third kappa shape index (κ3) is 1.90. The van der Waals surface area contributed by atoms with Gasteiger partial charge in [0.2, 0.25) is 0 Å². The smallest absolute Gasteiger partial charge is 0.252 e.